The Bertz CT molecular complexity index is 1580. The van der Waals surface area contributed by atoms with E-state index in [1.807, 2.05) is 0 Å². The molecule has 2 aliphatic rings. The Morgan fingerprint density at radius 3 is 2.59 bits per heavy atom. The third kappa shape index (κ3) is 4.43. The van der Waals surface area contributed by atoms with Gasteiger partial charge in [0, 0.05) is 23.1 Å². The van der Waals surface area contributed by atoms with Crippen LogP contribution in [0.15, 0.2) is 53.1 Å². The number of halogens is 3. The van der Waals surface area contributed by atoms with E-state index in [2.05, 4.69) is 10.1 Å². The zero-order valence-electron chi connectivity index (χ0n) is 19.0. The van der Waals surface area contributed by atoms with Crippen LogP contribution < -0.4 is 9.47 Å². The fourth-order valence-electron chi connectivity index (χ4n) is 4.16. The molecule has 1 saturated carbocycles. The summed E-state index contributed by atoms with van der Waals surface area (Å²) in [5.41, 5.74) is 2.10. The number of hydrogen-bond donors (Lipinski definition) is 1. The summed E-state index contributed by atoms with van der Waals surface area (Å²) in [6, 6.07) is 12.5. The highest BCUT2D eigenvalue weighted by molar-refractivity contribution is 6.39. The quantitative estimate of drug-likeness (QED) is 0.268. The highest BCUT2D eigenvalue weighted by atomic mass is 35.5. The SMILES string of the molecule is O=C(O)c1ccc2c(c1)Oc1ccc(OCc3c(-c4c(Cl)cccc4Cl)noc3C3CC3)nc1C(F)=C2. The number of carboxylic acid groups (broad SMARTS) is 1. The van der Waals surface area contributed by atoms with Crippen LogP contribution >= 0.6 is 23.2 Å². The Balaban J connectivity index is 1.31. The first-order valence-electron chi connectivity index (χ1n) is 11.4. The summed E-state index contributed by atoms with van der Waals surface area (Å²) in [4.78, 5) is 15.6. The Hall–Kier alpha value is -3.88. The maximum atomic E-state index is 15.1. The number of pyridine rings is 1. The molecule has 0 amide bonds. The number of ether oxygens (including phenoxy) is 2. The molecule has 1 aliphatic carbocycles. The van der Waals surface area contributed by atoms with Crippen LogP contribution in [0.2, 0.25) is 10.0 Å². The van der Waals surface area contributed by atoms with E-state index < -0.39 is 11.8 Å². The molecule has 0 bridgehead atoms. The molecule has 2 aromatic carbocycles. The van der Waals surface area contributed by atoms with Crippen LogP contribution in [-0.4, -0.2) is 21.2 Å². The van der Waals surface area contributed by atoms with Crippen molar-refractivity contribution in [3.63, 3.8) is 0 Å². The molecular weight excluding hydrogens is 522 g/mol. The number of fused-ring (bicyclic) bond motifs is 2. The fraction of sp³-hybridized carbons (Fsp3) is 0.148. The minimum Gasteiger partial charge on any atom is -0.478 e. The number of aromatic carboxylic acids is 1. The monoisotopic (exact) mass is 538 g/mol. The average Bonchev–Trinajstić information content (AvgIpc) is 3.65. The molecule has 37 heavy (non-hydrogen) atoms. The van der Waals surface area contributed by atoms with Crippen molar-refractivity contribution < 1.29 is 28.3 Å². The van der Waals surface area contributed by atoms with Crippen LogP contribution in [0, 0.1) is 0 Å². The van der Waals surface area contributed by atoms with E-state index in [1.165, 1.54) is 30.3 Å². The lowest BCUT2D eigenvalue weighted by atomic mass is 10.0. The van der Waals surface area contributed by atoms with E-state index >= 15 is 4.39 Å². The normalized spacial score (nSPS) is 14.2. The smallest absolute Gasteiger partial charge is 0.335 e. The van der Waals surface area contributed by atoms with Crippen LogP contribution in [0.5, 0.6) is 17.4 Å². The second kappa shape index (κ2) is 9.21. The van der Waals surface area contributed by atoms with E-state index in [9.17, 15) is 9.90 Å². The van der Waals surface area contributed by atoms with Crippen molar-refractivity contribution in [3.8, 4) is 28.6 Å². The molecule has 4 aromatic rings. The van der Waals surface area contributed by atoms with Gasteiger partial charge < -0.3 is 19.1 Å². The summed E-state index contributed by atoms with van der Waals surface area (Å²) < 4.78 is 32.5. The summed E-state index contributed by atoms with van der Waals surface area (Å²) in [5, 5.41) is 14.4. The predicted octanol–water partition coefficient (Wildman–Crippen LogP) is 7.77. The van der Waals surface area contributed by atoms with E-state index in [-0.39, 0.29) is 41.2 Å². The van der Waals surface area contributed by atoms with Crippen molar-refractivity contribution >= 4 is 41.1 Å². The standard InChI is InChI=1S/C27H17Cl2FN2O5/c28-17-2-1-3-18(29)23(17)24-16(26(37-32-24)13-4-5-13)12-35-22-9-8-20-25(31-22)19(30)10-14-6-7-15(27(33)34)11-21(14)36-20/h1-3,6-11,13H,4-5,12H2,(H,33,34). The van der Waals surface area contributed by atoms with Crippen molar-refractivity contribution in [1.29, 1.82) is 0 Å². The van der Waals surface area contributed by atoms with Gasteiger partial charge in [0.05, 0.1) is 21.2 Å². The number of carbonyl (C=O) groups is 1. The van der Waals surface area contributed by atoms with Gasteiger partial charge >= 0.3 is 5.97 Å². The average molecular weight is 539 g/mol. The lowest BCUT2D eigenvalue weighted by Gasteiger charge is -2.12. The molecule has 0 unspecified atom stereocenters. The van der Waals surface area contributed by atoms with Crippen molar-refractivity contribution in [2.75, 3.05) is 0 Å². The number of rotatable bonds is 6. The summed E-state index contributed by atoms with van der Waals surface area (Å²) in [6.45, 7) is 0.0480. The maximum absolute atomic E-state index is 15.1. The molecule has 6 rings (SSSR count). The Morgan fingerprint density at radius 2 is 1.86 bits per heavy atom. The van der Waals surface area contributed by atoms with Crippen molar-refractivity contribution in [2.24, 2.45) is 0 Å². The lowest BCUT2D eigenvalue weighted by molar-refractivity contribution is 0.0696. The van der Waals surface area contributed by atoms with Crippen LogP contribution in [-0.2, 0) is 6.61 Å². The zero-order valence-corrected chi connectivity index (χ0v) is 20.5. The van der Waals surface area contributed by atoms with Gasteiger partial charge in [0.1, 0.15) is 29.5 Å². The maximum Gasteiger partial charge on any atom is 0.335 e. The number of aromatic nitrogens is 2. The topological polar surface area (TPSA) is 94.7 Å². The van der Waals surface area contributed by atoms with Crippen molar-refractivity contribution in [3.05, 3.63) is 86.7 Å². The number of hydrogen-bond acceptors (Lipinski definition) is 6. The lowest BCUT2D eigenvalue weighted by Crippen LogP contribution is -2.02. The minimum absolute atomic E-state index is 0.0264. The predicted molar refractivity (Wildman–Crippen MR) is 135 cm³/mol. The minimum atomic E-state index is -1.11. The summed E-state index contributed by atoms with van der Waals surface area (Å²) in [7, 11) is 0. The zero-order chi connectivity index (χ0) is 25.7. The van der Waals surface area contributed by atoms with Gasteiger partial charge in [0.15, 0.2) is 11.6 Å². The third-order valence-corrected chi connectivity index (χ3v) is 6.78. The first-order chi connectivity index (χ1) is 17.9. The van der Waals surface area contributed by atoms with Crippen LogP contribution in [0.4, 0.5) is 4.39 Å². The third-order valence-electron chi connectivity index (χ3n) is 6.15. The Morgan fingerprint density at radius 1 is 1.08 bits per heavy atom. The molecule has 3 heterocycles. The molecule has 0 atom stereocenters. The van der Waals surface area contributed by atoms with Gasteiger partial charge in [-0.15, -0.1) is 0 Å². The van der Waals surface area contributed by atoms with Crippen LogP contribution in [0.25, 0.3) is 23.2 Å². The van der Waals surface area contributed by atoms with Crippen molar-refractivity contribution in [2.45, 2.75) is 25.4 Å². The molecule has 1 aliphatic heterocycles. The largest absolute Gasteiger partial charge is 0.478 e. The highest BCUT2D eigenvalue weighted by Crippen LogP contribution is 2.46. The molecule has 0 radical (unpaired) electrons. The highest BCUT2D eigenvalue weighted by Gasteiger charge is 2.34. The van der Waals surface area contributed by atoms with E-state index in [4.69, 9.17) is 37.2 Å². The number of carboxylic acids is 1. The van der Waals surface area contributed by atoms with Gasteiger partial charge in [-0.1, -0.05) is 40.5 Å². The molecule has 0 saturated heterocycles. The van der Waals surface area contributed by atoms with Crippen LogP contribution in [0.1, 0.15) is 51.7 Å². The summed E-state index contributed by atoms with van der Waals surface area (Å²) >= 11 is 12.8. The molecule has 1 N–H and O–H groups in total. The van der Waals surface area contributed by atoms with E-state index in [0.29, 0.717) is 38.2 Å². The first-order valence-corrected chi connectivity index (χ1v) is 12.1. The van der Waals surface area contributed by atoms with Gasteiger partial charge in [-0.05, 0) is 49.2 Å². The fourth-order valence-corrected chi connectivity index (χ4v) is 4.73. The van der Waals surface area contributed by atoms with E-state index in [0.717, 1.165) is 12.8 Å². The van der Waals surface area contributed by atoms with Gasteiger partial charge in [-0.2, -0.15) is 0 Å². The Labute approximate surface area is 220 Å². The molecular formula is C27H17Cl2FN2O5. The van der Waals surface area contributed by atoms with Crippen molar-refractivity contribution in [1.82, 2.24) is 10.1 Å². The van der Waals surface area contributed by atoms with Gasteiger partial charge in [0.25, 0.3) is 0 Å². The summed E-state index contributed by atoms with van der Waals surface area (Å²) in [6.07, 6.45) is 3.20. The van der Waals surface area contributed by atoms with E-state index in [1.54, 1.807) is 24.3 Å². The Kier molecular flexibility index (Phi) is 5.85. The first kappa shape index (κ1) is 23.5. The van der Waals surface area contributed by atoms with Crippen LogP contribution in [0.3, 0.4) is 0 Å². The number of benzene rings is 2. The summed E-state index contributed by atoms with van der Waals surface area (Å²) in [5.74, 6) is -0.307. The second-order valence-electron chi connectivity index (χ2n) is 8.68. The molecule has 7 nitrogen and oxygen atoms in total. The molecule has 186 valence electrons. The van der Waals surface area contributed by atoms with Gasteiger partial charge in [0.2, 0.25) is 5.88 Å². The molecule has 2 aromatic heterocycles. The molecule has 0 spiro atoms. The van der Waals surface area contributed by atoms with Gasteiger partial charge in [-0.3, -0.25) is 0 Å². The molecule has 1 fully saturated rings. The number of nitrogens with zero attached hydrogens (tertiary/aromatic N) is 2. The molecule has 10 heteroatoms. The van der Waals surface area contributed by atoms with Gasteiger partial charge in [-0.25, -0.2) is 14.2 Å². The second-order valence-corrected chi connectivity index (χ2v) is 9.50.